The number of nitrogens with one attached hydrogen (secondary N) is 1. The summed E-state index contributed by atoms with van der Waals surface area (Å²) in [5, 5.41) is 18.4. The van der Waals surface area contributed by atoms with Gasteiger partial charge in [-0.3, -0.25) is 24.5 Å². The molecule has 31 heavy (non-hydrogen) atoms. The molecule has 11 heteroatoms. The number of aromatic nitrogens is 2. The van der Waals surface area contributed by atoms with Crippen molar-refractivity contribution in [1.82, 2.24) is 20.0 Å². The third-order valence-corrected chi connectivity index (χ3v) is 5.76. The van der Waals surface area contributed by atoms with Crippen LogP contribution in [0.15, 0.2) is 48.7 Å². The number of halogens is 2. The lowest BCUT2D eigenvalue weighted by Crippen LogP contribution is -2.61. The Bertz CT molecular complexity index is 1180. The van der Waals surface area contributed by atoms with Gasteiger partial charge in [0.25, 0.3) is 11.6 Å². The van der Waals surface area contributed by atoms with Gasteiger partial charge in [0.2, 0.25) is 0 Å². The molecule has 1 aliphatic rings. The van der Waals surface area contributed by atoms with Crippen LogP contribution in [-0.2, 0) is 11.3 Å². The molecule has 2 aromatic carbocycles. The molecule has 2 atom stereocenters. The number of rotatable bonds is 6. The zero-order valence-corrected chi connectivity index (χ0v) is 17.6. The van der Waals surface area contributed by atoms with E-state index in [2.05, 4.69) is 10.4 Å². The molecule has 160 valence electrons. The van der Waals surface area contributed by atoms with Crippen molar-refractivity contribution < 1.29 is 14.5 Å². The van der Waals surface area contributed by atoms with Crippen LogP contribution in [0.3, 0.4) is 0 Å². The number of hydrogen-bond donors (Lipinski definition) is 1. The van der Waals surface area contributed by atoms with E-state index in [1.807, 2.05) is 0 Å². The Balaban J connectivity index is 1.36. The Kier molecular flexibility index (Phi) is 5.79. The summed E-state index contributed by atoms with van der Waals surface area (Å²) in [6.45, 7) is 0.725. The first-order valence-corrected chi connectivity index (χ1v) is 10.3. The highest BCUT2D eigenvalue weighted by atomic mass is 35.5. The van der Waals surface area contributed by atoms with Crippen LogP contribution in [-0.4, -0.2) is 43.5 Å². The highest BCUT2D eigenvalue weighted by Gasteiger charge is 2.50. The van der Waals surface area contributed by atoms with E-state index in [9.17, 15) is 19.7 Å². The van der Waals surface area contributed by atoms with Crippen molar-refractivity contribution in [3.8, 4) is 0 Å². The fourth-order valence-corrected chi connectivity index (χ4v) is 4.11. The molecule has 1 saturated heterocycles. The van der Waals surface area contributed by atoms with Crippen LogP contribution in [0.4, 0.5) is 10.5 Å². The van der Waals surface area contributed by atoms with E-state index in [1.54, 1.807) is 41.2 Å². The molecule has 3 amide bonds. The van der Waals surface area contributed by atoms with E-state index >= 15 is 0 Å². The molecule has 0 aliphatic carbocycles. The number of hydrogen-bond acceptors (Lipinski definition) is 5. The third-order valence-electron chi connectivity index (χ3n) is 5.10. The van der Waals surface area contributed by atoms with Crippen molar-refractivity contribution >= 4 is 51.7 Å². The quantitative estimate of drug-likeness (QED) is 0.197. The number of aryl methyl sites for hydroxylation is 1. The summed E-state index contributed by atoms with van der Waals surface area (Å²) in [5.74, 6) is -0.463. The zero-order chi connectivity index (χ0) is 22.1. The second kappa shape index (κ2) is 8.52. The van der Waals surface area contributed by atoms with E-state index in [0.717, 1.165) is 10.3 Å². The summed E-state index contributed by atoms with van der Waals surface area (Å²) in [5.41, 5.74) is 1.32. The van der Waals surface area contributed by atoms with Gasteiger partial charge < -0.3 is 5.32 Å². The van der Waals surface area contributed by atoms with Crippen molar-refractivity contribution in [1.29, 1.82) is 0 Å². The summed E-state index contributed by atoms with van der Waals surface area (Å²) in [7, 11) is 0. The molecule has 9 nitrogen and oxygen atoms in total. The van der Waals surface area contributed by atoms with Crippen molar-refractivity contribution in [3.05, 3.63) is 69.4 Å². The van der Waals surface area contributed by atoms with Gasteiger partial charge in [0.1, 0.15) is 5.38 Å². The number of β-lactam (4-membered cyclic amide) rings is 1. The minimum absolute atomic E-state index is 0.0125. The van der Waals surface area contributed by atoms with Crippen molar-refractivity contribution in [2.24, 2.45) is 0 Å². The maximum atomic E-state index is 12.5. The Morgan fingerprint density at radius 1 is 1.26 bits per heavy atom. The molecule has 4 rings (SSSR count). The lowest BCUT2D eigenvalue weighted by atomic mass is 9.94. The molecule has 1 aliphatic heterocycles. The Labute approximate surface area is 186 Å². The highest BCUT2D eigenvalue weighted by Crippen LogP contribution is 2.39. The van der Waals surface area contributed by atoms with E-state index in [1.165, 1.54) is 12.1 Å². The van der Waals surface area contributed by atoms with E-state index in [0.29, 0.717) is 29.1 Å². The predicted octanol–water partition coefficient (Wildman–Crippen LogP) is 3.89. The summed E-state index contributed by atoms with van der Waals surface area (Å²) in [6.07, 6.45) is 2.14. The Morgan fingerprint density at radius 3 is 2.81 bits per heavy atom. The number of amides is 3. The molecule has 0 bridgehead atoms. The van der Waals surface area contributed by atoms with Gasteiger partial charge >= 0.3 is 6.03 Å². The van der Waals surface area contributed by atoms with Crippen LogP contribution in [0.1, 0.15) is 18.0 Å². The minimum atomic E-state index is -0.824. The normalized spacial score (nSPS) is 18.1. The van der Waals surface area contributed by atoms with Gasteiger partial charge in [-0.05, 0) is 30.2 Å². The zero-order valence-electron chi connectivity index (χ0n) is 16.1. The number of alkyl halides is 1. The Morgan fingerprint density at radius 2 is 2.06 bits per heavy atom. The van der Waals surface area contributed by atoms with Gasteiger partial charge in [0.05, 0.1) is 22.7 Å². The average molecular weight is 462 g/mol. The number of nitro benzene ring substituents is 1. The standard InChI is InChI=1S/C20H17Cl2N5O4/c21-14-4-1-3-12(9-14)18-17(22)19(28)26(18)20(29)23-7-2-8-25-16-10-15(27(30)31)6-5-13(16)11-24-25/h1,3-6,9-11,17-18H,2,7-8H2,(H,23,29). The lowest BCUT2D eigenvalue weighted by Gasteiger charge is -2.42. The van der Waals surface area contributed by atoms with Gasteiger partial charge in [-0.2, -0.15) is 5.10 Å². The molecule has 1 aromatic heterocycles. The smallest absolute Gasteiger partial charge is 0.324 e. The van der Waals surface area contributed by atoms with Crippen LogP contribution in [0.25, 0.3) is 10.9 Å². The van der Waals surface area contributed by atoms with Gasteiger partial charge in [-0.15, -0.1) is 11.6 Å². The average Bonchev–Trinajstić information content (AvgIpc) is 3.16. The first-order chi connectivity index (χ1) is 14.9. The molecule has 0 radical (unpaired) electrons. The maximum Gasteiger partial charge on any atom is 0.324 e. The van der Waals surface area contributed by atoms with Gasteiger partial charge in [-0.25, -0.2) is 4.79 Å². The Hall–Kier alpha value is -3.17. The van der Waals surface area contributed by atoms with E-state index < -0.39 is 28.3 Å². The summed E-state index contributed by atoms with van der Waals surface area (Å²) >= 11 is 12.1. The summed E-state index contributed by atoms with van der Waals surface area (Å²) in [6, 6.07) is 10.3. The largest absolute Gasteiger partial charge is 0.338 e. The number of benzene rings is 2. The number of imide groups is 1. The third kappa shape index (κ3) is 4.06. The number of carbonyl (C=O) groups is 2. The summed E-state index contributed by atoms with van der Waals surface area (Å²) in [4.78, 5) is 36.3. The van der Waals surface area contributed by atoms with Gasteiger partial charge in [0, 0.05) is 35.6 Å². The summed E-state index contributed by atoms with van der Waals surface area (Å²) < 4.78 is 1.65. The minimum Gasteiger partial charge on any atom is -0.338 e. The van der Waals surface area contributed by atoms with E-state index in [4.69, 9.17) is 23.2 Å². The fourth-order valence-electron chi connectivity index (χ4n) is 3.55. The van der Waals surface area contributed by atoms with E-state index in [-0.39, 0.29) is 12.2 Å². The fraction of sp³-hybridized carbons (Fsp3) is 0.250. The van der Waals surface area contributed by atoms with Crippen molar-refractivity contribution in [2.45, 2.75) is 24.4 Å². The van der Waals surface area contributed by atoms with Crippen molar-refractivity contribution in [2.75, 3.05) is 6.54 Å². The molecule has 2 unspecified atom stereocenters. The number of fused-ring (bicyclic) bond motifs is 1. The molecule has 0 spiro atoms. The number of likely N-dealkylation sites (tertiary alicyclic amines) is 1. The molecule has 2 heterocycles. The van der Waals surface area contributed by atoms with Gasteiger partial charge in [0.15, 0.2) is 0 Å². The number of urea groups is 1. The first-order valence-electron chi connectivity index (χ1n) is 9.47. The van der Waals surface area contributed by atoms with Crippen LogP contribution in [0.5, 0.6) is 0 Å². The topological polar surface area (TPSA) is 110 Å². The number of non-ortho nitro benzene ring substituents is 1. The highest BCUT2D eigenvalue weighted by molar-refractivity contribution is 6.35. The van der Waals surface area contributed by atoms with Gasteiger partial charge in [-0.1, -0.05) is 23.7 Å². The van der Waals surface area contributed by atoms with Crippen LogP contribution in [0, 0.1) is 10.1 Å². The van der Waals surface area contributed by atoms with Crippen LogP contribution < -0.4 is 5.32 Å². The number of carbonyl (C=O) groups excluding carboxylic acids is 2. The predicted molar refractivity (Wildman–Crippen MR) is 115 cm³/mol. The second-order valence-electron chi connectivity index (χ2n) is 7.06. The monoisotopic (exact) mass is 461 g/mol. The molecular weight excluding hydrogens is 445 g/mol. The van der Waals surface area contributed by atoms with Crippen LogP contribution in [0.2, 0.25) is 5.02 Å². The first kappa shape index (κ1) is 21.1. The molecule has 3 aromatic rings. The molecule has 1 N–H and O–H groups in total. The maximum absolute atomic E-state index is 12.5. The molecule has 1 fully saturated rings. The SMILES string of the molecule is O=C(NCCCn1ncc2ccc([N+](=O)[O-])cc21)N1C(=O)C(Cl)C1c1cccc(Cl)c1. The second-order valence-corrected chi connectivity index (χ2v) is 7.97. The molecular formula is C20H17Cl2N5O4. The van der Waals surface area contributed by atoms with Crippen LogP contribution >= 0.6 is 23.2 Å². The number of nitro groups is 1. The van der Waals surface area contributed by atoms with Crippen molar-refractivity contribution in [3.63, 3.8) is 0 Å². The molecule has 0 saturated carbocycles. The number of nitrogens with zero attached hydrogens (tertiary/aromatic N) is 4. The lowest BCUT2D eigenvalue weighted by molar-refractivity contribution is -0.384.